The number of benzene rings is 1. The van der Waals surface area contributed by atoms with Crippen LogP contribution in [-0.2, 0) is 11.8 Å². The average molecular weight is 419 g/mol. The summed E-state index contributed by atoms with van der Waals surface area (Å²) in [6, 6.07) is 9.30. The summed E-state index contributed by atoms with van der Waals surface area (Å²) < 4.78 is 8.65. The van der Waals surface area contributed by atoms with Gasteiger partial charge in [-0.05, 0) is 18.6 Å². The lowest BCUT2D eigenvalue weighted by Crippen LogP contribution is -2.18. The normalized spacial score (nSPS) is 12.8. The van der Waals surface area contributed by atoms with Crippen molar-refractivity contribution >= 4 is 12.1 Å². The second-order valence-corrected chi connectivity index (χ2v) is 6.93. The third kappa shape index (κ3) is 5.22. The second-order valence-electron chi connectivity index (χ2n) is 6.93. The van der Waals surface area contributed by atoms with Crippen LogP contribution in [0.4, 0.5) is 0 Å². The number of hydrogen-bond donors (Lipinski definition) is 0. The van der Waals surface area contributed by atoms with Gasteiger partial charge in [0.15, 0.2) is 5.84 Å². The van der Waals surface area contributed by atoms with Crippen LogP contribution < -0.4 is 5.43 Å². The molecule has 1 atom stereocenters. The number of aryl methyl sites for hydroxylation is 1. The van der Waals surface area contributed by atoms with Gasteiger partial charge in [0.25, 0.3) is 0 Å². The first-order valence-electron chi connectivity index (χ1n) is 9.94. The number of hydrogen-bond acceptors (Lipinski definition) is 5. The van der Waals surface area contributed by atoms with Crippen molar-refractivity contribution in [1.82, 2.24) is 19.6 Å². The molecule has 0 aliphatic carbocycles. The fourth-order valence-electron chi connectivity index (χ4n) is 3.11. The van der Waals surface area contributed by atoms with Gasteiger partial charge >= 0.3 is 0 Å². The van der Waals surface area contributed by atoms with Gasteiger partial charge in [-0.1, -0.05) is 31.7 Å². The quantitative estimate of drug-likeness (QED) is 0.335. The molecule has 0 aliphatic rings. The molecule has 2 heterocycles. The number of nitrogens with zero attached hydrogens (tertiary/aromatic N) is 6. The second kappa shape index (κ2) is 9.80. The lowest BCUT2D eigenvalue weighted by molar-refractivity contribution is 0.253. The first-order valence-corrected chi connectivity index (χ1v) is 9.94. The van der Waals surface area contributed by atoms with Gasteiger partial charge in [0.1, 0.15) is 17.1 Å². The van der Waals surface area contributed by atoms with Gasteiger partial charge in [-0.25, -0.2) is 9.67 Å². The molecule has 0 saturated carbocycles. The van der Waals surface area contributed by atoms with Crippen LogP contribution in [0.1, 0.15) is 36.6 Å². The number of rotatable bonds is 7. The van der Waals surface area contributed by atoms with Crippen LogP contribution in [0.2, 0.25) is 0 Å². The Bertz CT molecular complexity index is 1190. The fraction of sp³-hybridized carbons (Fsp3) is 0.261. The fourth-order valence-corrected chi connectivity index (χ4v) is 3.11. The zero-order chi connectivity index (χ0) is 22.4. The Balaban J connectivity index is 1.92. The monoisotopic (exact) mass is 418 g/mol. The molecule has 2 aromatic heterocycles. The summed E-state index contributed by atoms with van der Waals surface area (Å²) in [5, 5.41) is 8.74. The molecule has 3 rings (SSSR count). The first-order chi connectivity index (χ1) is 14.9. The molecule has 3 aromatic rings. The molecule has 0 aliphatic heterocycles. The van der Waals surface area contributed by atoms with Crippen LogP contribution in [0, 0.1) is 0 Å². The highest BCUT2D eigenvalue weighted by Crippen LogP contribution is 2.22. The lowest BCUT2D eigenvalue weighted by atomic mass is 9.95. The van der Waals surface area contributed by atoms with Crippen LogP contribution in [0.25, 0.3) is 5.69 Å². The van der Waals surface area contributed by atoms with Gasteiger partial charge < -0.3 is 4.74 Å². The molecule has 8 heteroatoms. The van der Waals surface area contributed by atoms with E-state index in [-0.39, 0.29) is 11.3 Å². The molecule has 1 aromatic carbocycles. The van der Waals surface area contributed by atoms with Crippen LogP contribution in [-0.4, -0.2) is 45.3 Å². The molecule has 160 valence electrons. The van der Waals surface area contributed by atoms with Gasteiger partial charge in [0.05, 0.1) is 25.2 Å². The minimum atomic E-state index is -0.225. The molecule has 0 fully saturated rings. The Kier molecular flexibility index (Phi) is 6.92. The van der Waals surface area contributed by atoms with E-state index in [1.807, 2.05) is 51.4 Å². The minimum Gasteiger partial charge on any atom is -0.493 e. The van der Waals surface area contributed by atoms with Gasteiger partial charge in [0, 0.05) is 37.8 Å². The number of amidine groups is 1. The zero-order valence-corrected chi connectivity index (χ0v) is 18.2. The highest BCUT2D eigenvalue weighted by atomic mass is 16.5. The molecule has 0 saturated heterocycles. The van der Waals surface area contributed by atoms with Crippen molar-refractivity contribution < 1.29 is 4.74 Å². The van der Waals surface area contributed by atoms with E-state index in [0.29, 0.717) is 23.9 Å². The van der Waals surface area contributed by atoms with E-state index >= 15 is 0 Å². The summed E-state index contributed by atoms with van der Waals surface area (Å²) in [5.41, 5.74) is 2.89. The molecular weight excluding hydrogens is 392 g/mol. The smallest absolute Gasteiger partial charge is 0.203 e. The van der Waals surface area contributed by atoms with Crippen molar-refractivity contribution in [2.45, 2.75) is 19.8 Å². The van der Waals surface area contributed by atoms with Gasteiger partial charge in [-0.15, -0.1) is 0 Å². The predicted molar refractivity (Wildman–Crippen MR) is 122 cm³/mol. The highest BCUT2D eigenvalue weighted by molar-refractivity contribution is 6.04. The average Bonchev–Trinajstić information content (AvgIpc) is 3.21. The lowest BCUT2D eigenvalue weighted by Gasteiger charge is -2.13. The molecule has 8 nitrogen and oxygen atoms in total. The Labute approximate surface area is 181 Å². The molecule has 0 amide bonds. The highest BCUT2D eigenvalue weighted by Gasteiger charge is 2.16. The number of ether oxygens (including phenoxy) is 1. The van der Waals surface area contributed by atoms with Crippen molar-refractivity contribution in [2.24, 2.45) is 17.0 Å². The Morgan fingerprint density at radius 2 is 2.16 bits per heavy atom. The van der Waals surface area contributed by atoms with Gasteiger partial charge in [0.2, 0.25) is 5.43 Å². The minimum absolute atomic E-state index is 0.117. The summed E-state index contributed by atoms with van der Waals surface area (Å²) in [4.78, 5) is 21.2. The van der Waals surface area contributed by atoms with Crippen molar-refractivity contribution in [3.63, 3.8) is 0 Å². The van der Waals surface area contributed by atoms with Crippen LogP contribution >= 0.6 is 0 Å². The summed E-state index contributed by atoms with van der Waals surface area (Å²) in [6.07, 6.45) is 6.73. The summed E-state index contributed by atoms with van der Waals surface area (Å²) in [7, 11) is 3.51. The van der Waals surface area contributed by atoms with Crippen LogP contribution in [0.15, 0.2) is 76.0 Å². The Morgan fingerprint density at radius 3 is 2.84 bits per heavy atom. The van der Waals surface area contributed by atoms with Crippen molar-refractivity contribution in [1.29, 1.82) is 0 Å². The Hall–Kier alpha value is -3.81. The molecular formula is C23H26N6O2. The SMILES string of the molecule is C=C(C=NC(=NC)c1cccc(C(C)c2nn(-c3cnn(C)c3)ccc2=O)c1)OCC. The maximum absolute atomic E-state index is 12.6. The number of aromatic nitrogens is 4. The largest absolute Gasteiger partial charge is 0.493 e. The van der Waals surface area contributed by atoms with Crippen molar-refractivity contribution in [2.75, 3.05) is 13.7 Å². The molecule has 0 radical (unpaired) electrons. The third-order valence-electron chi connectivity index (χ3n) is 4.72. The van der Waals surface area contributed by atoms with Crippen molar-refractivity contribution in [3.05, 3.63) is 88.3 Å². The maximum atomic E-state index is 12.6. The van der Waals surface area contributed by atoms with E-state index in [9.17, 15) is 4.79 Å². The molecule has 0 N–H and O–H groups in total. The van der Waals surface area contributed by atoms with Gasteiger partial charge in [-0.2, -0.15) is 10.2 Å². The van der Waals surface area contributed by atoms with E-state index in [0.717, 1.165) is 16.8 Å². The van der Waals surface area contributed by atoms with E-state index in [4.69, 9.17) is 4.74 Å². The number of aliphatic imine (C=N–C) groups is 2. The summed E-state index contributed by atoms with van der Waals surface area (Å²) >= 11 is 0. The number of allylic oxidation sites excluding steroid dienone is 1. The van der Waals surface area contributed by atoms with Crippen LogP contribution in [0.5, 0.6) is 0 Å². The zero-order valence-electron chi connectivity index (χ0n) is 18.2. The predicted octanol–water partition coefficient (Wildman–Crippen LogP) is 3.12. The van der Waals surface area contributed by atoms with E-state index in [2.05, 4.69) is 26.8 Å². The van der Waals surface area contributed by atoms with E-state index in [1.165, 1.54) is 6.07 Å². The molecule has 1 unspecified atom stereocenters. The van der Waals surface area contributed by atoms with E-state index in [1.54, 1.807) is 35.0 Å². The topological polar surface area (TPSA) is 86.7 Å². The Morgan fingerprint density at radius 1 is 1.35 bits per heavy atom. The van der Waals surface area contributed by atoms with Gasteiger partial charge in [-0.3, -0.25) is 14.5 Å². The summed E-state index contributed by atoms with van der Waals surface area (Å²) in [5.74, 6) is 0.790. The third-order valence-corrected chi connectivity index (χ3v) is 4.72. The summed E-state index contributed by atoms with van der Waals surface area (Å²) in [6.45, 7) is 8.17. The van der Waals surface area contributed by atoms with Crippen molar-refractivity contribution in [3.8, 4) is 5.69 Å². The first kappa shape index (κ1) is 21.9. The molecule has 0 bridgehead atoms. The van der Waals surface area contributed by atoms with Crippen LogP contribution in [0.3, 0.4) is 0 Å². The maximum Gasteiger partial charge on any atom is 0.203 e. The molecule has 31 heavy (non-hydrogen) atoms. The molecule has 0 spiro atoms. The van der Waals surface area contributed by atoms with E-state index < -0.39 is 0 Å². The standard InChI is InChI=1S/C23H26N6O2/c1-6-31-16(2)13-25-23(24-4)19-9-7-8-18(12-19)17(3)22-21(30)10-11-29(27-22)20-14-26-28(5)15-20/h7-15,17H,2,6H2,1,3-5H3.